The Hall–Kier alpha value is -2.30. The number of pyridine rings is 1. The first kappa shape index (κ1) is 17.5. The van der Waals surface area contributed by atoms with Gasteiger partial charge in [-0.15, -0.1) is 0 Å². The van der Waals surface area contributed by atoms with Crippen LogP contribution in [0, 0.1) is 6.92 Å². The monoisotopic (exact) mass is 355 g/mol. The molecule has 0 atom stereocenters. The van der Waals surface area contributed by atoms with E-state index in [1.165, 1.54) is 0 Å². The van der Waals surface area contributed by atoms with Crippen molar-refractivity contribution in [2.24, 2.45) is 0 Å². The molecule has 0 amide bonds. The van der Waals surface area contributed by atoms with E-state index < -0.39 is 0 Å². The van der Waals surface area contributed by atoms with Crippen molar-refractivity contribution in [2.45, 2.75) is 6.92 Å². The maximum Gasteiger partial charge on any atom is 0.144 e. The number of nitrogens with zero attached hydrogens (tertiary/aromatic N) is 2. The van der Waals surface area contributed by atoms with Crippen LogP contribution in [0.4, 0.5) is 11.4 Å². The van der Waals surface area contributed by atoms with Crippen LogP contribution in [0.15, 0.2) is 48.5 Å². The summed E-state index contributed by atoms with van der Waals surface area (Å²) < 4.78 is 5.94. The summed E-state index contributed by atoms with van der Waals surface area (Å²) in [6.07, 6.45) is 0. The van der Waals surface area contributed by atoms with Gasteiger partial charge in [-0.3, -0.25) is 4.98 Å². The van der Waals surface area contributed by atoms with E-state index >= 15 is 0 Å². The van der Waals surface area contributed by atoms with Gasteiger partial charge in [0.2, 0.25) is 0 Å². The molecule has 3 rings (SSSR count). The second-order valence-corrected chi connectivity index (χ2v) is 6.68. The average molecular weight is 356 g/mol. The third-order valence-corrected chi connectivity index (χ3v) is 4.09. The van der Waals surface area contributed by atoms with E-state index in [0.717, 1.165) is 40.3 Å². The minimum Gasteiger partial charge on any atom is -0.490 e. The van der Waals surface area contributed by atoms with Gasteiger partial charge in [-0.2, -0.15) is 0 Å². The lowest BCUT2D eigenvalue weighted by Crippen LogP contribution is -2.19. The lowest BCUT2D eigenvalue weighted by atomic mass is 10.1. The number of hydrogen-bond acceptors (Lipinski definition) is 4. The number of anilines is 2. The van der Waals surface area contributed by atoms with Gasteiger partial charge >= 0.3 is 0 Å². The Kier molecular flexibility index (Phi) is 5.41. The van der Waals surface area contributed by atoms with Crippen molar-refractivity contribution in [1.82, 2.24) is 9.88 Å². The van der Waals surface area contributed by atoms with Gasteiger partial charge in [0.25, 0.3) is 0 Å². The molecule has 0 unspecified atom stereocenters. The molecular weight excluding hydrogens is 334 g/mol. The first-order valence-electron chi connectivity index (χ1n) is 8.23. The van der Waals surface area contributed by atoms with Crippen molar-refractivity contribution in [3.05, 3.63) is 59.2 Å². The van der Waals surface area contributed by atoms with Gasteiger partial charge < -0.3 is 15.0 Å². The number of hydrogen-bond donors (Lipinski definition) is 1. The Bertz CT molecular complexity index is 880. The molecule has 2 aromatic carbocycles. The molecule has 1 aromatic heterocycles. The summed E-state index contributed by atoms with van der Waals surface area (Å²) in [4.78, 5) is 6.67. The third-order valence-electron chi connectivity index (χ3n) is 3.85. The zero-order valence-corrected chi connectivity index (χ0v) is 15.5. The Morgan fingerprint density at radius 2 is 1.88 bits per heavy atom. The number of fused-ring (bicyclic) bond motifs is 1. The quantitative estimate of drug-likeness (QED) is 0.683. The summed E-state index contributed by atoms with van der Waals surface area (Å²) in [7, 11) is 4.04. The average Bonchev–Trinajstić information content (AvgIpc) is 2.56. The second kappa shape index (κ2) is 7.72. The third kappa shape index (κ3) is 4.41. The molecule has 0 bridgehead atoms. The molecule has 0 aliphatic carbocycles. The number of para-hydroxylation sites is 1. The van der Waals surface area contributed by atoms with Crippen LogP contribution in [0.1, 0.15) is 5.69 Å². The summed E-state index contributed by atoms with van der Waals surface area (Å²) in [5.74, 6) is 0.743. The SMILES string of the molecule is Cc1cc(Nc2ccc(Cl)cc2OCCN(C)C)c2ccccc2n1. The van der Waals surface area contributed by atoms with Crippen LogP contribution >= 0.6 is 11.6 Å². The molecule has 0 saturated heterocycles. The van der Waals surface area contributed by atoms with Crippen LogP contribution in [0.2, 0.25) is 5.02 Å². The summed E-state index contributed by atoms with van der Waals surface area (Å²) in [5, 5.41) is 5.21. The predicted molar refractivity (Wildman–Crippen MR) is 105 cm³/mol. The Morgan fingerprint density at radius 1 is 1.08 bits per heavy atom. The number of ether oxygens (including phenoxy) is 1. The Morgan fingerprint density at radius 3 is 2.68 bits per heavy atom. The number of likely N-dealkylation sites (N-methyl/N-ethyl adjacent to an activating group) is 1. The van der Waals surface area contributed by atoms with Crippen LogP contribution in [0.25, 0.3) is 10.9 Å². The van der Waals surface area contributed by atoms with Gasteiger partial charge in [0, 0.05) is 34.4 Å². The first-order chi connectivity index (χ1) is 12.0. The van der Waals surface area contributed by atoms with E-state index in [1.54, 1.807) is 0 Å². The van der Waals surface area contributed by atoms with Crippen LogP contribution < -0.4 is 10.1 Å². The number of aryl methyl sites for hydroxylation is 1. The molecule has 130 valence electrons. The summed E-state index contributed by atoms with van der Waals surface area (Å²) >= 11 is 6.15. The Balaban J connectivity index is 1.93. The van der Waals surface area contributed by atoms with E-state index in [0.29, 0.717) is 11.6 Å². The van der Waals surface area contributed by atoms with Crippen molar-refractivity contribution in [3.63, 3.8) is 0 Å². The van der Waals surface area contributed by atoms with Crippen LogP contribution in [-0.2, 0) is 0 Å². The highest BCUT2D eigenvalue weighted by molar-refractivity contribution is 6.30. The fraction of sp³-hybridized carbons (Fsp3) is 0.250. The molecule has 0 radical (unpaired) electrons. The standard InChI is InChI=1S/C20H22ClN3O/c1-14-12-19(16-6-4-5-7-17(16)22-14)23-18-9-8-15(21)13-20(18)25-11-10-24(2)3/h4-9,12-13H,10-11H2,1-3H3,(H,22,23). The predicted octanol–water partition coefficient (Wildman–Crippen LogP) is 4.88. The van der Waals surface area contributed by atoms with Gasteiger partial charge in [-0.05, 0) is 45.3 Å². The minimum absolute atomic E-state index is 0.595. The van der Waals surface area contributed by atoms with E-state index in [4.69, 9.17) is 16.3 Å². The zero-order valence-electron chi connectivity index (χ0n) is 14.7. The molecule has 0 spiro atoms. The van der Waals surface area contributed by atoms with E-state index in [9.17, 15) is 0 Å². The summed E-state index contributed by atoms with van der Waals surface area (Å²) in [6.45, 7) is 3.43. The van der Waals surface area contributed by atoms with Crippen LogP contribution in [0.3, 0.4) is 0 Å². The molecule has 3 aromatic rings. The van der Waals surface area contributed by atoms with Crippen molar-refractivity contribution < 1.29 is 4.74 Å². The van der Waals surface area contributed by atoms with Gasteiger partial charge in [0.15, 0.2) is 0 Å². The number of nitrogens with one attached hydrogen (secondary N) is 1. The van der Waals surface area contributed by atoms with Crippen molar-refractivity contribution in [1.29, 1.82) is 0 Å². The molecule has 25 heavy (non-hydrogen) atoms. The van der Waals surface area contributed by atoms with E-state index in [1.807, 2.05) is 63.5 Å². The van der Waals surface area contributed by atoms with Crippen LogP contribution in [0.5, 0.6) is 5.75 Å². The molecule has 4 nitrogen and oxygen atoms in total. The highest BCUT2D eigenvalue weighted by atomic mass is 35.5. The lowest BCUT2D eigenvalue weighted by Gasteiger charge is -2.17. The first-order valence-corrected chi connectivity index (χ1v) is 8.61. The zero-order chi connectivity index (χ0) is 17.8. The van der Waals surface area contributed by atoms with Crippen molar-refractivity contribution >= 4 is 33.9 Å². The molecule has 0 saturated carbocycles. The molecule has 0 aliphatic rings. The van der Waals surface area contributed by atoms with Gasteiger partial charge in [0.1, 0.15) is 12.4 Å². The smallest absolute Gasteiger partial charge is 0.144 e. The molecule has 5 heteroatoms. The van der Waals surface area contributed by atoms with E-state index in [-0.39, 0.29) is 0 Å². The topological polar surface area (TPSA) is 37.4 Å². The fourth-order valence-electron chi connectivity index (χ4n) is 2.61. The normalized spacial score (nSPS) is 11.1. The van der Waals surface area contributed by atoms with Gasteiger partial charge in [0.05, 0.1) is 11.2 Å². The largest absolute Gasteiger partial charge is 0.490 e. The molecule has 1 heterocycles. The molecule has 0 fully saturated rings. The Labute approximate surface area is 153 Å². The lowest BCUT2D eigenvalue weighted by molar-refractivity contribution is 0.262. The highest BCUT2D eigenvalue weighted by Gasteiger charge is 2.09. The number of halogens is 1. The van der Waals surface area contributed by atoms with E-state index in [2.05, 4.69) is 21.3 Å². The summed E-state index contributed by atoms with van der Waals surface area (Å²) in [5.41, 5.74) is 3.82. The molecular formula is C20H22ClN3O. The number of rotatable bonds is 6. The molecule has 1 N–H and O–H groups in total. The van der Waals surface area contributed by atoms with Crippen molar-refractivity contribution in [3.8, 4) is 5.75 Å². The van der Waals surface area contributed by atoms with Gasteiger partial charge in [-0.1, -0.05) is 29.8 Å². The van der Waals surface area contributed by atoms with Crippen molar-refractivity contribution in [2.75, 3.05) is 32.6 Å². The molecule has 0 aliphatic heterocycles. The maximum absolute atomic E-state index is 6.15. The number of aromatic nitrogens is 1. The highest BCUT2D eigenvalue weighted by Crippen LogP contribution is 2.33. The minimum atomic E-state index is 0.595. The second-order valence-electron chi connectivity index (χ2n) is 6.25. The van der Waals surface area contributed by atoms with Crippen LogP contribution in [-0.4, -0.2) is 37.1 Å². The summed E-state index contributed by atoms with van der Waals surface area (Å²) in [6, 6.07) is 15.8. The fourth-order valence-corrected chi connectivity index (χ4v) is 2.78. The maximum atomic E-state index is 6.15. The number of benzene rings is 2. The van der Waals surface area contributed by atoms with Gasteiger partial charge in [-0.25, -0.2) is 0 Å².